The zero-order chi connectivity index (χ0) is 25.5. The number of likely N-dealkylation sites (N-methyl/N-ethyl adjacent to an activating group) is 3. The molecule has 2 amide bonds. The summed E-state index contributed by atoms with van der Waals surface area (Å²) in [6.45, 7) is 10.9. The highest BCUT2D eigenvalue weighted by atomic mass is 16.5. The second-order valence-electron chi connectivity index (χ2n) is 9.87. The zero-order valence-electron chi connectivity index (χ0n) is 22.6. The van der Waals surface area contributed by atoms with Crippen molar-refractivity contribution < 1.29 is 19.1 Å². The second kappa shape index (κ2) is 17.2. The van der Waals surface area contributed by atoms with Crippen molar-refractivity contribution in [3.05, 3.63) is 0 Å². The number of carbonyl (C=O) groups is 2. The highest BCUT2D eigenvalue weighted by molar-refractivity contribution is 5.76. The van der Waals surface area contributed by atoms with Crippen LogP contribution in [0.4, 0.5) is 0 Å². The molecular formula is C25H50N6O4. The van der Waals surface area contributed by atoms with Gasteiger partial charge in [-0.3, -0.25) is 19.4 Å². The fourth-order valence-electron chi connectivity index (χ4n) is 4.89. The van der Waals surface area contributed by atoms with Gasteiger partial charge in [0.05, 0.1) is 6.61 Å². The number of amides is 2. The third-order valence-corrected chi connectivity index (χ3v) is 7.30. The summed E-state index contributed by atoms with van der Waals surface area (Å²) in [5.74, 6) is -0.0321. The van der Waals surface area contributed by atoms with Gasteiger partial charge in [-0.15, -0.1) is 0 Å². The fraction of sp³-hybridized carbons (Fsp3) is 0.920. The van der Waals surface area contributed by atoms with E-state index in [0.717, 1.165) is 71.6 Å². The largest absolute Gasteiger partial charge is 0.381 e. The molecule has 2 aliphatic heterocycles. The topological polar surface area (TPSA) is 89.6 Å². The molecule has 0 spiro atoms. The number of rotatable bonds is 16. The zero-order valence-corrected chi connectivity index (χ0v) is 22.6. The maximum Gasteiger partial charge on any atom is 0.245 e. The fourth-order valence-corrected chi connectivity index (χ4v) is 4.89. The van der Waals surface area contributed by atoms with Crippen molar-refractivity contribution in [2.45, 2.75) is 44.2 Å². The van der Waals surface area contributed by atoms with Crippen LogP contribution in [-0.2, 0) is 19.1 Å². The lowest BCUT2D eigenvalue weighted by Gasteiger charge is -2.49. The average molecular weight is 499 g/mol. The van der Waals surface area contributed by atoms with Gasteiger partial charge in [0, 0.05) is 91.6 Å². The lowest BCUT2D eigenvalue weighted by Crippen LogP contribution is -2.65. The Bertz CT molecular complexity index is 611. The average Bonchev–Trinajstić information content (AvgIpc) is 2.87. The summed E-state index contributed by atoms with van der Waals surface area (Å²) >= 11 is 0. The molecule has 0 aliphatic carbocycles. The molecule has 2 fully saturated rings. The second-order valence-corrected chi connectivity index (χ2v) is 9.87. The third kappa shape index (κ3) is 11.5. The Balaban J connectivity index is 1.66. The summed E-state index contributed by atoms with van der Waals surface area (Å²) in [7, 11) is 7.84. The molecule has 2 atom stereocenters. The first-order chi connectivity index (χ1) is 16.9. The van der Waals surface area contributed by atoms with E-state index in [4.69, 9.17) is 9.47 Å². The normalized spacial score (nSPS) is 22.9. The highest BCUT2D eigenvalue weighted by Crippen LogP contribution is 2.20. The molecule has 0 radical (unpaired) electrons. The van der Waals surface area contributed by atoms with Crippen molar-refractivity contribution in [1.82, 2.24) is 30.2 Å². The van der Waals surface area contributed by atoms with Crippen molar-refractivity contribution in [3.63, 3.8) is 0 Å². The molecule has 0 aromatic carbocycles. The first-order valence-corrected chi connectivity index (χ1v) is 13.4. The molecule has 2 aliphatic rings. The van der Waals surface area contributed by atoms with Crippen molar-refractivity contribution in [2.24, 2.45) is 0 Å². The van der Waals surface area contributed by atoms with E-state index >= 15 is 0 Å². The Labute approximate surface area is 212 Å². The summed E-state index contributed by atoms with van der Waals surface area (Å²) in [4.78, 5) is 32.8. The van der Waals surface area contributed by atoms with Gasteiger partial charge in [-0.05, 0) is 46.3 Å². The van der Waals surface area contributed by atoms with E-state index < -0.39 is 0 Å². The number of nitrogens with one attached hydrogen (secondary N) is 2. The molecule has 2 rings (SSSR count). The van der Waals surface area contributed by atoms with Crippen LogP contribution in [0, 0.1) is 0 Å². The first-order valence-electron chi connectivity index (χ1n) is 13.4. The van der Waals surface area contributed by atoms with Gasteiger partial charge in [0.15, 0.2) is 0 Å². The van der Waals surface area contributed by atoms with Gasteiger partial charge in [-0.1, -0.05) is 0 Å². The summed E-state index contributed by atoms with van der Waals surface area (Å²) in [5.41, 5.74) is 0. The lowest BCUT2D eigenvalue weighted by atomic mass is 9.99. The molecule has 204 valence electrons. The monoisotopic (exact) mass is 498 g/mol. The van der Waals surface area contributed by atoms with E-state index in [-0.39, 0.29) is 18.4 Å². The van der Waals surface area contributed by atoms with Crippen LogP contribution < -0.4 is 10.6 Å². The van der Waals surface area contributed by atoms with Crippen molar-refractivity contribution in [2.75, 3.05) is 107 Å². The van der Waals surface area contributed by atoms with Gasteiger partial charge < -0.3 is 29.9 Å². The molecular weight excluding hydrogens is 448 g/mol. The minimum atomic E-state index is -0.0640. The van der Waals surface area contributed by atoms with Crippen LogP contribution in [0.5, 0.6) is 0 Å². The minimum Gasteiger partial charge on any atom is -0.381 e. The highest BCUT2D eigenvalue weighted by Gasteiger charge is 2.36. The molecule has 10 heteroatoms. The van der Waals surface area contributed by atoms with E-state index in [1.807, 2.05) is 0 Å². The molecule has 0 aromatic rings. The van der Waals surface area contributed by atoms with E-state index in [1.165, 1.54) is 6.42 Å². The van der Waals surface area contributed by atoms with Crippen LogP contribution in [0.25, 0.3) is 0 Å². The minimum absolute atomic E-state index is 0.0319. The maximum absolute atomic E-state index is 11.3. The van der Waals surface area contributed by atoms with E-state index in [9.17, 15) is 9.59 Å². The Morgan fingerprint density at radius 3 is 1.89 bits per heavy atom. The summed E-state index contributed by atoms with van der Waals surface area (Å²) in [6.07, 6.45) is 4.75. The summed E-state index contributed by atoms with van der Waals surface area (Å²) in [6, 6.07) is 1.07. The van der Waals surface area contributed by atoms with Gasteiger partial charge in [0.2, 0.25) is 11.8 Å². The Kier molecular flexibility index (Phi) is 14.7. The molecule has 0 aromatic heterocycles. The van der Waals surface area contributed by atoms with Crippen LogP contribution in [0.15, 0.2) is 0 Å². The molecule has 2 saturated heterocycles. The summed E-state index contributed by atoms with van der Waals surface area (Å²) < 4.78 is 11.0. The number of carbonyl (C=O) groups excluding carboxylic acids is 2. The Morgan fingerprint density at radius 2 is 1.29 bits per heavy atom. The molecule has 2 unspecified atom stereocenters. The first kappa shape index (κ1) is 29.9. The van der Waals surface area contributed by atoms with Crippen molar-refractivity contribution in [3.8, 4) is 0 Å². The molecule has 0 bridgehead atoms. The van der Waals surface area contributed by atoms with Crippen LogP contribution in [-0.4, -0.2) is 150 Å². The Morgan fingerprint density at radius 1 is 0.714 bits per heavy atom. The van der Waals surface area contributed by atoms with Crippen LogP contribution in [0.2, 0.25) is 0 Å². The number of nitrogens with zero attached hydrogens (tertiary/aromatic N) is 4. The van der Waals surface area contributed by atoms with Crippen molar-refractivity contribution in [1.29, 1.82) is 0 Å². The van der Waals surface area contributed by atoms with Crippen LogP contribution >= 0.6 is 0 Å². The SMILES string of the molecule is CNC(=O)CCOCCCN1CCN(C)C(C2CN(CCCCCOCC(=O)NC)CCN2C)C1. The number of piperazine rings is 2. The standard InChI is InChI=1S/C25H50N6O4/c1-26-24(32)9-18-34-17-8-11-31-15-13-29(4)23(20-31)22-19-30(14-12-28(22)3)10-6-5-7-16-35-21-25(33)27-2/h22-23H,5-21H2,1-4H3,(H,26,32)(H,27,33). The van der Waals surface area contributed by atoms with Gasteiger partial charge in [0.1, 0.15) is 6.61 Å². The number of ether oxygens (including phenoxy) is 2. The molecule has 2 N–H and O–H groups in total. The van der Waals surface area contributed by atoms with E-state index in [0.29, 0.717) is 38.3 Å². The quantitative estimate of drug-likeness (QED) is 0.280. The van der Waals surface area contributed by atoms with Gasteiger partial charge in [-0.25, -0.2) is 0 Å². The van der Waals surface area contributed by atoms with Crippen LogP contribution in [0.3, 0.4) is 0 Å². The molecule has 10 nitrogen and oxygen atoms in total. The van der Waals surface area contributed by atoms with Gasteiger partial charge in [-0.2, -0.15) is 0 Å². The number of hydrogen-bond donors (Lipinski definition) is 2. The van der Waals surface area contributed by atoms with Gasteiger partial charge in [0.25, 0.3) is 0 Å². The predicted octanol–water partition coefficient (Wildman–Crippen LogP) is -0.306. The number of hydrogen-bond acceptors (Lipinski definition) is 8. The lowest BCUT2D eigenvalue weighted by molar-refractivity contribution is -0.125. The van der Waals surface area contributed by atoms with E-state index in [1.54, 1.807) is 14.1 Å². The molecule has 35 heavy (non-hydrogen) atoms. The van der Waals surface area contributed by atoms with Crippen molar-refractivity contribution >= 4 is 11.8 Å². The van der Waals surface area contributed by atoms with Gasteiger partial charge >= 0.3 is 0 Å². The van der Waals surface area contributed by atoms with Crippen LogP contribution in [0.1, 0.15) is 32.1 Å². The maximum atomic E-state index is 11.3. The third-order valence-electron chi connectivity index (χ3n) is 7.30. The predicted molar refractivity (Wildman–Crippen MR) is 139 cm³/mol. The Hall–Kier alpha value is -1.30. The molecule has 0 saturated carbocycles. The summed E-state index contributed by atoms with van der Waals surface area (Å²) in [5, 5.41) is 5.20. The molecule has 2 heterocycles. The number of unbranched alkanes of at least 4 members (excludes halogenated alkanes) is 2. The smallest absolute Gasteiger partial charge is 0.245 e. The van der Waals surface area contributed by atoms with E-state index in [2.05, 4.69) is 44.3 Å².